The van der Waals surface area contributed by atoms with Gasteiger partial charge in [-0.05, 0) is 12.1 Å². The van der Waals surface area contributed by atoms with E-state index in [4.69, 9.17) is 5.11 Å². The van der Waals surface area contributed by atoms with E-state index in [0.29, 0.717) is 0 Å². The molecule has 0 aliphatic carbocycles. The number of carboxylic acid groups (broad SMARTS) is 1. The summed E-state index contributed by atoms with van der Waals surface area (Å²) in [5.41, 5.74) is 0.0872. The Hall–Kier alpha value is -2.50. The second kappa shape index (κ2) is 3.27. The fourth-order valence-electron chi connectivity index (χ4n) is 1.47. The van der Waals surface area contributed by atoms with Crippen LogP contribution in [0.15, 0.2) is 24.3 Å². The molecule has 6 heteroatoms. The smallest absolute Gasteiger partial charge is 0.395 e. The van der Waals surface area contributed by atoms with Crippen LogP contribution in [0.5, 0.6) is 0 Å². The lowest BCUT2D eigenvalue weighted by atomic mass is 10.1. The van der Waals surface area contributed by atoms with E-state index in [-0.39, 0.29) is 16.0 Å². The number of fused-ring (bicyclic) bond motifs is 1. The Morgan fingerprint density at radius 3 is 1.81 bits per heavy atom. The van der Waals surface area contributed by atoms with E-state index in [1.165, 1.54) is 24.3 Å². The molecule has 0 atom stereocenters. The first-order chi connectivity index (χ1) is 7.54. The van der Waals surface area contributed by atoms with Gasteiger partial charge >= 0.3 is 11.9 Å². The van der Waals surface area contributed by atoms with Gasteiger partial charge in [0.25, 0.3) is 11.8 Å². The monoisotopic (exact) mass is 219 g/mol. The lowest BCUT2D eigenvalue weighted by Gasteiger charge is -2.07. The quantitative estimate of drug-likeness (QED) is 0.485. The van der Waals surface area contributed by atoms with E-state index in [1.807, 2.05) is 0 Å². The van der Waals surface area contributed by atoms with Crippen LogP contribution >= 0.6 is 0 Å². The SMILES string of the molecule is O=C(O)C(=O)N1C(=O)c2ccccc2C1=O. The van der Waals surface area contributed by atoms with Crippen molar-refractivity contribution in [2.75, 3.05) is 0 Å². The number of carbonyl (C=O) groups excluding carboxylic acids is 3. The highest BCUT2D eigenvalue weighted by atomic mass is 16.4. The minimum absolute atomic E-state index is 0.0436. The standard InChI is InChI=1S/C10H5NO5/c12-7-5-3-1-2-4-6(5)8(13)11(7)9(14)10(15)16/h1-4H,(H,15,16). The summed E-state index contributed by atoms with van der Waals surface area (Å²) in [6, 6.07) is 5.78. The van der Waals surface area contributed by atoms with Gasteiger partial charge in [0.15, 0.2) is 0 Å². The molecular formula is C10H5NO5. The van der Waals surface area contributed by atoms with Gasteiger partial charge in [-0.25, -0.2) is 9.69 Å². The summed E-state index contributed by atoms with van der Waals surface area (Å²) in [6.45, 7) is 0. The van der Waals surface area contributed by atoms with Crippen LogP contribution in [0.2, 0.25) is 0 Å². The van der Waals surface area contributed by atoms with Gasteiger partial charge in [0.05, 0.1) is 11.1 Å². The topological polar surface area (TPSA) is 91.8 Å². The molecule has 1 heterocycles. The van der Waals surface area contributed by atoms with Gasteiger partial charge in [0, 0.05) is 0 Å². The third-order valence-electron chi connectivity index (χ3n) is 2.18. The van der Waals surface area contributed by atoms with Crippen molar-refractivity contribution in [3.8, 4) is 0 Å². The highest BCUT2D eigenvalue weighted by Gasteiger charge is 2.42. The average molecular weight is 219 g/mol. The van der Waals surface area contributed by atoms with Crippen LogP contribution in [0.3, 0.4) is 0 Å². The van der Waals surface area contributed by atoms with E-state index in [0.717, 1.165) is 0 Å². The molecule has 0 radical (unpaired) electrons. The molecule has 3 amide bonds. The largest absolute Gasteiger partial charge is 0.474 e. The zero-order valence-corrected chi connectivity index (χ0v) is 7.84. The van der Waals surface area contributed by atoms with Gasteiger partial charge in [0.2, 0.25) is 0 Å². The summed E-state index contributed by atoms with van der Waals surface area (Å²) in [4.78, 5) is 44.8. The van der Waals surface area contributed by atoms with Crippen LogP contribution in [0.4, 0.5) is 0 Å². The predicted octanol–water partition coefficient (Wildman–Crippen LogP) is -0.106. The Bertz CT molecular complexity index is 499. The first-order valence-corrected chi connectivity index (χ1v) is 4.29. The van der Waals surface area contributed by atoms with Crippen molar-refractivity contribution in [1.29, 1.82) is 0 Å². The van der Waals surface area contributed by atoms with Gasteiger partial charge < -0.3 is 5.11 Å². The number of aliphatic carboxylic acids is 1. The summed E-state index contributed by atoms with van der Waals surface area (Å²) < 4.78 is 0. The third-order valence-corrected chi connectivity index (χ3v) is 2.18. The zero-order chi connectivity index (χ0) is 11.9. The Balaban J connectivity index is 2.51. The number of benzene rings is 1. The van der Waals surface area contributed by atoms with Gasteiger partial charge in [0.1, 0.15) is 0 Å². The number of carboxylic acids is 1. The van der Waals surface area contributed by atoms with Gasteiger partial charge in [-0.1, -0.05) is 12.1 Å². The van der Waals surface area contributed by atoms with Gasteiger partial charge in [-0.15, -0.1) is 0 Å². The summed E-state index contributed by atoms with van der Waals surface area (Å²) in [7, 11) is 0. The molecule has 0 saturated heterocycles. The van der Waals surface area contributed by atoms with Crippen molar-refractivity contribution in [2.24, 2.45) is 0 Å². The number of hydrogen-bond acceptors (Lipinski definition) is 4. The molecule has 1 N–H and O–H groups in total. The second-order valence-corrected chi connectivity index (χ2v) is 3.10. The first kappa shape index (κ1) is 10.0. The third kappa shape index (κ3) is 1.20. The summed E-state index contributed by atoms with van der Waals surface area (Å²) in [6.07, 6.45) is 0. The van der Waals surface area contributed by atoms with Crippen LogP contribution in [0, 0.1) is 0 Å². The Labute approximate surface area is 89.1 Å². The number of imide groups is 3. The Morgan fingerprint density at radius 1 is 1.00 bits per heavy atom. The number of hydrogen-bond donors (Lipinski definition) is 1. The van der Waals surface area contributed by atoms with E-state index in [2.05, 4.69) is 0 Å². The molecule has 0 bridgehead atoms. The van der Waals surface area contributed by atoms with Crippen LogP contribution in [0.1, 0.15) is 20.7 Å². The maximum atomic E-state index is 11.6. The van der Waals surface area contributed by atoms with Crippen molar-refractivity contribution in [3.63, 3.8) is 0 Å². The van der Waals surface area contributed by atoms with Crippen LogP contribution < -0.4 is 0 Å². The van der Waals surface area contributed by atoms with Crippen molar-refractivity contribution < 1.29 is 24.3 Å². The lowest BCUT2D eigenvalue weighted by Crippen LogP contribution is -2.40. The van der Waals surface area contributed by atoms with Gasteiger partial charge in [-0.3, -0.25) is 14.4 Å². The molecular weight excluding hydrogens is 214 g/mol. The minimum atomic E-state index is -1.84. The highest BCUT2D eigenvalue weighted by Crippen LogP contribution is 2.22. The average Bonchev–Trinajstić information content (AvgIpc) is 2.52. The molecule has 2 rings (SSSR count). The second-order valence-electron chi connectivity index (χ2n) is 3.10. The minimum Gasteiger partial charge on any atom is -0.474 e. The van der Waals surface area contributed by atoms with Crippen molar-refractivity contribution >= 4 is 23.7 Å². The molecule has 0 saturated carbocycles. The van der Waals surface area contributed by atoms with E-state index in [1.54, 1.807) is 0 Å². The molecule has 0 unspecified atom stereocenters. The normalized spacial score (nSPS) is 13.9. The highest BCUT2D eigenvalue weighted by molar-refractivity contribution is 6.43. The number of nitrogens with zero attached hydrogens (tertiary/aromatic N) is 1. The molecule has 0 fully saturated rings. The molecule has 0 aromatic heterocycles. The molecule has 1 aliphatic heterocycles. The molecule has 6 nitrogen and oxygen atoms in total. The number of carbonyl (C=O) groups is 4. The molecule has 80 valence electrons. The molecule has 16 heavy (non-hydrogen) atoms. The number of amides is 3. The van der Waals surface area contributed by atoms with Crippen molar-refractivity contribution in [2.45, 2.75) is 0 Å². The number of rotatable bonds is 0. The summed E-state index contributed by atoms with van der Waals surface area (Å²) in [5, 5.41) is 8.46. The first-order valence-electron chi connectivity index (χ1n) is 4.29. The fourth-order valence-corrected chi connectivity index (χ4v) is 1.47. The molecule has 1 aliphatic rings. The van der Waals surface area contributed by atoms with Crippen LogP contribution in [0.25, 0.3) is 0 Å². The Kier molecular flexibility index (Phi) is 2.05. The maximum Gasteiger partial charge on any atom is 0.395 e. The zero-order valence-electron chi connectivity index (χ0n) is 7.84. The predicted molar refractivity (Wildman–Crippen MR) is 49.6 cm³/mol. The summed E-state index contributed by atoms with van der Waals surface area (Å²) in [5.74, 6) is -5.17. The fraction of sp³-hybridized carbons (Fsp3) is 0. The molecule has 0 spiro atoms. The molecule has 1 aromatic carbocycles. The van der Waals surface area contributed by atoms with Crippen LogP contribution in [-0.4, -0.2) is 33.7 Å². The van der Waals surface area contributed by atoms with E-state index >= 15 is 0 Å². The van der Waals surface area contributed by atoms with E-state index in [9.17, 15) is 19.2 Å². The summed E-state index contributed by atoms with van der Waals surface area (Å²) >= 11 is 0. The van der Waals surface area contributed by atoms with Crippen LogP contribution in [-0.2, 0) is 9.59 Å². The lowest BCUT2D eigenvalue weighted by molar-refractivity contribution is -0.153. The maximum absolute atomic E-state index is 11.6. The van der Waals surface area contributed by atoms with Gasteiger partial charge in [-0.2, -0.15) is 0 Å². The van der Waals surface area contributed by atoms with Crippen molar-refractivity contribution in [3.05, 3.63) is 35.4 Å². The van der Waals surface area contributed by atoms with Crippen molar-refractivity contribution in [1.82, 2.24) is 4.90 Å². The molecule has 1 aromatic rings. The Morgan fingerprint density at radius 2 is 1.44 bits per heavy atom. The van der Waals surface area contributed by atoms with E-state index < -0.39 is 23.7 Å².